The molecule has 2 aliphatic rings. The van der Waals surface area contributed by atoms with E-state index in [1.807, 2.05) is 6.92 Å². The number of alkyl halides is 3. The number of piperazine rings is 1. The van der Waals surface area contributed by atoms with Crippen molar-refractivity contribution in [2.75, 3.05) is 50.8 Å². The number of aryl methyl sites for hydroxylation is 1. The van der Waals surface area contributed by atoms with E-state index in [2.05, 4.69) is 38.3 Å². The first-order valence-corrected chi connectivity index (χ1v) is 13.6. The predicted octanol–water partition coefficient (Wildman–Crippen LogP) is 3.80. The molecule has 1 aromatic heterocycles. The van der Waals surface area contributed by atoms with Crippen molar-refractivity contribution < 1.29 is 23.0 Å². The lowest BCUT2D eigenvalue weighted by molar-refractivity contribution is -0.274. The molecule has 0 saturated carbocycles. The third kappa shape index (κ3) is 7.83. The Bertz CT molecular complexity index is 1090. The molecular weight excluding hydrogens is 509 g/mol. The number of hydrogen-bond acceptors (Lipinski definition) is 8. The van der Waals surface area contributed by atoms with E-state index in [4.69, 9.17) is 15.1 Å². The Labute approximate surface area is 228 Å². The molecule has 0 aliphatic carbocycles. The molecule has 2 aliphatic heterocycles. The van der Waals surface area contributed by atoms with Crippen LogP contribution in [-0.2, 0) is 6.54 Å². The summed E-state index contributed by atoms with van der Waals surface area (Å²) in [6, 6.07) is 7.12. The number of benzene rings is 1. The van der Waals surface area contributed by atoms with Gasteiger partial charge in [-0.1, -0.05) is 25.6 Å². The van der Waals surface area contributed by atoms with Gasteiger partial charge < -0.3 is 20.1 Å². The van der Waals surface area contributed by atoms with Gasteiger partial charge in [-0.3, -0.25) is 9.80 Å². The molecule has 0 amide bonds. The summed E-state index contributed by atoms with van der Waals surface area (Å²) in [5.74, 6) is 0.723. The molecule has 214 valence electrons. The number of rotatable bonds is 10. The highest BCUT2D eigenvalue weighted by molar-refractivity contribution is 5.59. The Morgan fingerprint density at radius 1 is 1.15 bits per heavy atom. The van der Waals surface area contributed by atoms with Crippen molar-refractivity contribution in [2.24, 2.45) is 0 Å². The summed E-state index contributed by atoms with van der Waals surface area (Å²) in [5, 5.41) is 12.1. The van der Waals surface area contributed by atoms with Crippen LogP contribution in [0.25, 0.3) is 5.70 Å². The van der Waals surface area contributed by atoms with E-state index in [9.17, 15) is 13.2 Å². The second-order valence-corrected chi connectivity index (χ2v) is 10.2. The first kappa shape index (κ1) is 29.1. The lowest BCUT2D eigenvalue weighted by Gasteiger charge is -2.47. The van der Waals surface area contributed by atoms with Crippen LogP contribution >= 0.6 is 0 Å². The zero-order valence-electron chi connectivity index (χ0n) is 22.8. The lowest BCUT2D eigenvalue weighted by Crippen LogP contribution is -2.58. The van der Waals surface area contributed by atoms with Gasteiger partial charge in [0.15, 0.2) is 0 Å². The zero-order valence-corrected chi connectivity index (χ0v) is 22.8. The molecule has 0 spiro atoms. The van der Waals surface area contributed by atoms with Crippen molar-refractivity contribution in [3.63, 3.8) is 0 Å². The van der Waals surface area contributed by atoms with Gasteiger partial charge in [-0.15, -0.1) is 13.2 Å². The van der Waals surface area contributed by atoms with Crippen molar-refractivity contribution in [1.82, 2.24) is 25.1 Å². The molecule has 4 rings (SSSR count). The van der Waals surface area contributed by atoms with Crippen molar-refractivity contribution in [1.29, 1.82) is 0 Å². The molecule has 2 saturated heterocycles. The fourth-order valence-corrected chi connectivity index (χ4v) is 5.60. The van der Waals surface area contributed by atoms with Gasteiger partial charge in [0.2, 0.25) is 0 Å². The fraction of sp³-hybridized carbons (Fsp3) is 0.571. The molecule has 11 heteroatoms. The molecule has 8 nitrogen and oxygen atoms in total. The predicted molar refractivity (Wildman–Crippen MR) is 145 cm³/mol. The maximum absolute atomic E-state index is 12.4. The Morgan fingerprint density at radius 3 is 2.49 bits per heavy atom. The van der Waals surface area contributed by atoms with Gasteiger partial charge in [0.05, 0.1) is 24.2 Å². The van der Waals surface area contributed by atoms with Crippen molar-refractivity contribution in [3.05, 3.63) is 54.0 Å². The summed E-state index contributed by atoms with van der Waals surface area (Å²) < 4.78 is 41.2. The third-order valence-electron chi connectivity index (χ3n) is 7.57. The second-order valence-electron chi connectivity index (χ2n) is 10.2. The van der Waals surface area contributed by atoms with Crippen molar-refractivity contribution >= 4 is 11.5 Å². The van der Waals surface area contributed by atoms with Gasteiger partial charge in [0, 0.05) is 44.8 Å². The largest absolute Gasteiger partial charge is 0.573 e. The average molecular weight is 549 g/mol. The number of nitrogens with zero attached hydrogens (tertiary/aromatic N) is 5. The van der Waals surface area contributed by atoms with Crippen molar-refractivity contribution in [2.45, 2.75) is 58.1 Å². The second kappa shape index (κ2) is 13.0. The van der Waals surface area contributed by atoms with Crippen LogP contribution in [0.2, 0.25) is 0 Å². The molecule has 0 bridgehead atoms. The molecule has 0 radical (unpaired) electrons. The van der Waals surface area contributed by atoms with E-state index in [1.54, 1.807) is 18.3 Å². The number of aromatic nitrogens is 2. The number of nitrogens with one attached hydrogen (secondary N) is 1. The summed E-state index contributed by atoms with van der Waals surface area (Å²) in [4.78, 5) is 16.8. The maximum atomic E-state index is 12.4. The number of aliphatic hydroxyl groups is 1. The standard InChI is InChI=1S/C28H39F3N6O2/c1-4-23-19-36(27-21(3)34-26(17-33-27)20(2)32-11-16-38)14-15-37(23)24-9-12-35(13-10-24)18-22-5-7-25(8-6-22)39-28(29,30)31/h5-8,17,23-24,32,38H,2,4,9-16,18-19H2,1,3H3/t23-/m0/s1. The van der Waals surface area contributed by atoms with Crippen LogP contribution in [0.15, 0.2) is 37.0 Å². The van der Waals surface area contributed by atoms with Crippen LogP contribution in [0.4, 0.5) is 19.0 Å². The molecule has 0 unspecified atom stereocenters. The number of piperidine rings is 1. The highest BCUT2D eigenvalue weighted by atomic mass is 19.4. The monoisotopic (exact) mass is 548 g/mol. The van der Waals surface area contributed by atoms with E-state index in [0.29, 0.717) is 30.0 Å². The van der Waals surface area contributed by atoms with Crippen LogP contribution < -0.4 is 15.0 Å². The molecule has 2 aromatic rings. The van der Waals surface area contributed by atoms with Crippen molar-refractivity contribution in [3.8, 4) is 5.75 Å². The highest BCUT2D eigenvalue weighted by Crippen LogP contribution is 2.28. The maximum Gasteiger partial charge on any atom is 0.573 e. The molecule has 2 fully saturated rings. The molecular formula is C28H39F3N6O2. The number of ether oxygens (including phenoxy) is 1. The number of anilines is 1. The van der Waals surface area contributed by atoms with Crippen LogP contribution in [0.3, 0.4) is 0 Å². The quantitative estimate of drug-likeness (QED) is 0.465. The normalized spacial score (nSPS) is 19.7. The van der Waals surface area contributed by atoms with Crippen LogP contribution in [-0.4, -0.2) is 89.2 Å². The Morgan fingerprint density at radius 2 is 1.87 bits per heavy atom. The smallest absolute Gasteiger partial charge is 0.406 e. The summed E-state index contributed by atoms with van der Waals surface area (Å²) in [7, 11) is 0. The first-order chi connectivity index (χ1) is 18.7. The number of likely N-dealkylation sites (tertiary alicyclic amines) is 1. The summed E-state index contributed by atoms with van der Waals surface area (Å²) >= 11 is 0. The summed E-state index contributed by atoms with van der Waals surface area (Å²) in [6.45, 7) is 14.1. The van der Waals surface area contributed by atoms with Crippen LogP contribution in [0.5, 0.6) is 5.75 Å². The minimum absolute atomic E-state index is 0.0310. The molecule has 3 heterocycles. The number of hydrogen-bond donors (Lipinski definition) is 2. The molecule has 39 heavy (non-hydrogen) atoms. The number of halogens is 3. The Balaban J connectivity index is 1.29. The zero-order chi connectivity index (χ0) is 28.0. The van der Waals surface area contributed by atoms with Gasteiger partial charge in [-0.25, -0.2) is 9.97 Å². The molecule has 2 N–H and O–H groups in total. The van der Waals surface area contributed by atoms with E-state index in [-0.39, 0.29) is 12.4 Å². The highest BCUT2D eigenvalue weighted by Gasteiger charge is 2.34. The number of aliphatic hydroxyl groups excluding tert-OH is 1. The summed E-state index contributed by atoms with van der Waals surface area (Å²) in [6.07, 6.45) is 0.269. The first-order valence-electron chi connectivity index (χ1n) is 13.6. The van der Waals surface area contributed by atoms with Gasteiger partial charge >= 0.3 is 6.36 Å². The third-order valence-corrected chi connectivity index (χ3v) is 7.57. The van der Waals surface area contributed by atoms with Gasteiger partial charge in [-0.05, 0) is 57.0 Å². The fourth-order valence-electron chi connectivity index (χ4n) is 5.60. The topological polar surface area (TPSA) is 77.0 Å². The minimum Gasteiger partial charge on any atom is -0.406 e. The van der Waals surface area contributed by atoms with Gasteiger partial charge in [0.1, 0.15) is 17.3 Å². The van der Waals surface area contributed by atoms with Crippen LogP contribution in [0.1, 0.15) is 43.1 Å². The summed E-state index contributed by atoms with van der Waals surface area (Å²) in [5.41, 5.74) is 3.20. The van der Waals surface area contributed by atoms with Crippen LogP contribution in [0, 0.1) is 6.92 Å². The van der Waals surface area contributed by atoms with E-state index in [1.165, 1.54) is 12.1 Å². The molecule has 1 atom stereocenters. The molecule has 1 aromatic carbocycles. The van der Waals surface area contributed by atoms with E-state index < -0.39 is 6.36 Å². The van der Waals surface area contributed by atoms with Gasteiger partial charge in [-0.2, -0.15) is 0 Å². The van der Waals surface area contributed by atoms with E-state index in [0.717, 1.165) is 75.6 Å². The Hall–Kier alpha value is -2.89. The minimum atomic E-state index is -4.67. The van der Waals surface area contributed by atoms with Gasteiger partial charge in [0.25, 0.3) is 0 Å². The lowest BCUT2D eigenvalue weighted by atomic mass is 9.97. The van der Waals surface area contributed by atoms with E-state index >= 15 is 0 Å². The Kier molecular flexibility index (Phi) is 9.68. The SMILES string of the molecule is C=C(NCCO)c1cnc(N2CCN(C3CCN(Cc4ccc(OC(F)(F)F)cc4)CC3)[C@@H](CC)C2)c(C)n1. The average Bonchev–Trinajstić information content (AvgIpc) is 2.92.